The van der Waals surface area contributed by atoms with Gasteiger partial charge in [-0.15, -0.1) is 0 Å². The molecule has 0 fully saturated rings. The summed E-state index contributed by atoms with van der Waals surface area (Å²) < 4.78 is 9.95. The molecule has 20 heavy (non-hydrogen) atoms. The van der Waals surface area contributed by atoms with Crippen molar-refractivity contribution in [1.29, 1.82) is 0 Å². The van der Waals surface area contributed by atoms with E-state index >= 15 is 0 Å². The van der Waals surface area contributed by atoms with Gasteiger partial charge in [0, 0.05) is 12.1 Å². The first-order valence-corrected chi connectivity index (χ1v) is 6.81. The molecule has 0 saturated heterocycles. The van der Waals surface area contributed by atoms with Gasteiger partial charge in [0.2, 0.25) is 0 Å². The summed E-state index contributed by atoms with van der Waals surface area (Å²) in [5.74, 6) is -0.526. The van der Waals surface area contributed by atoms with E-state index in [9.17, 15) is 9.59 Å². The number of esters is 2. The number of carbonyl (C=O) groups is 2. The Morgan fingerprint density at radius 1 is 1.05 bits per heavy atom. The maximum Gasteiger partial charge on any atom is 0.338 e. The molecule has 0 saturated carbocycles. The summed E-state index contributed by atoms with van der Waals surface area (Å²) in [7, 11) is 0. The van der Waals surface area contributed by atoms with Crippen molar-refractivity contribution in [2.24, 2.45) is 0 Å². The Morgan fingerprint density at radius 2 is 1.75 bits per heavy atom. The van der Waals surface area contributed by atoms with Gasteiger partial charge >= 0.3 is 11.9 Å². The van der Waals surface area contributed by atoms with E-state index in [-0.39, 0.29) is 11.9 Å². The topological polar surface area (TPSA) is 78.6 Å². The van der Waals surface area contributed by atoms with Gasteiger partial charge in [-0.25, -0.2) is 4.79 Å². The second kappa shape index (κ2) is 8.96. The number of carbonyl (C=O) groups excluding carboxylic acids is 2. The van der Waals surface area contributed by atoms with Gasteiger partial charge in [-0.1, -0.05) is 0 Å². The summed E-state index contributed by atoms with van der Waals surface area (Å²) >= 11 is 0. The Morgan fingerprint density at radius 3 is 2.40 bits per heavy atom. The van der Waals surface area contributed by atoms with E-state index < -0.39 is 0 Å². The summed E-state index contributed by atoms with van der Waals surface area (Å²) in [6, 6.07) is 6.60. The molecule has 1 aromatic rings. The molecular weight excluding hydrogens is 258 g/mol. The number of hydrogen-bond donors (Lipinski definition) is 1. The normalized spacial score (nSPS) is 10.1. The molecule has 5 heteroatoms. The molecule has 2 N–H and O–H groups in total. The maximum atomic E-state index is 11.6. The summed E-state index contributed by atoms with van der Waals surface area (Å²) in [6.07, 6.45) is 2.73. The summed E-state index contributed by atoms with van der Waals surface area (Å²) in [5, 5.41) is 0. The quantitative estimate of drug-likeness (QED) is 0.449. The molecule has 0 spiro atoms. The highest BCUT2D eigenvalue weighted by molar-refractivity contribution is 5.89. The van der Waals surface area contributed by atoms with Gasteiger partial charge < -0.3 is 15.2 Å². The molecule has 5 nitrogen and oxygen atoms in total. The fourth-order valence-corrected chi connectivity index (χ4v) is 1.65. The van der Waals surface area contributed by atoms with Gasteiger partial charge in [0.05, 0.1) is 18.8 Å². The second-order valence-electron chi connectivity index (χ2n) is 4.37. The third kappa shape index (κ3) is 6.22. The van der Waals surface area contributed by atoms with Crippen LogP contribution >= 0.6 is 0 Å². The SMILES string of the molecule is CCOC(=O)CCCCCOC(=O)c1ccc(N)cc1. The molecular formula is C15H21NO4. The van der Waals surface area contributed by atoms with Crippen molar-refractivity contribution in [2.45, 2.75) is 32.6 Å². The predicted molar refractivity (Wildman–Crippen MR) is 76.2 cm³/mol. The number of ether oxygens (including phenoxy) is 2. The molecule has 0 aliphatic heterocycles. The Labute approximate surface area is 119 Å². The fourth-order valence-electron chi connectivity index (χ4n) is 1.65. The van der Waals surface area contributed by atoms with Gasteiger partial charge in [0.15, 0.2) is 0 Å². The van der Waals surface area contributed by atoms with Crippen LogP contribution in [0, 0.1) is 0 Å². The number of anilines is 1. The van der Waals surface area contributed by atoms with Crippen molar-refractivity contribution >= 4 is 17.6 Å². The Hall–Kier alpha value is -2.04. The van der Waals surface area contributed by atoms with Crippen LogP contribution in [0.4, 0.5) is 5.69 Å². The lowest BCUT2D eigenvalue weighted by Gasteiger charge is -2.05. The van der Waals surface area contributed by atoms with Gasteiger partial charge in [0.1, 0.15) is 0 Å². The third-order valence-electron chi connectivity index (χ3n) is 2.71. The van der Waals surface area contributed by atoms with Crippen molar-refractivity contribution in [2.75, 3.05) is 18.9 Å². The van der Waals surface area contributed by atoms with E-state index in [0.717, 1.165) is 19.3 Å². The van der Waals surface area contributed by atoms with Crippen molar-refractivity contribution in [3.63, 3.8) is 0 Å². The molecule has 0 aliphatic rings. The largest absolute Gasteiger partial charge is 0.466 e. The van der Waals surface area contributed by atoms with Crippen molar-refractivity contribution in [3.8, 4) is 0 Å². The zero-order chi connectivity index (χ0) is 14.8. The van der Waals surface area contributed by atoms with Crippen LogP contribution in [0.3, 0.4) is 0 Å². The standard InChI is InChI=1S/C15H21NO4/c1-2-19-14(17)6-4-3-5-11-20-15(18)12-7-9-13(16)10-8-12/h7-10H,2-6,11,16H2,1H3. The molecule has 110 valence electrons. The molecule has 0 atom stereocenters. The van der Waals surface area contributed by atoms with Gasteiger partial charge in [0.25, 0.3) is 0 Å². The molecule has 0 aliphatic carbocycles. The maximum absolute atomic E-state index is 11.6. The van der Waals surface area contributed by atoms with E-state index in [0.29, 0.717) is 30.9 Å². The van der Waals surface area contributed by atoms with Gasteiger partial charge in [-0.3, -0.25) is 4.79 Å². The van der Waals surface area contributed by atoms with E-state index in [1.807, 2.05) is 0 Å². The Balaban J connectivity index is 2.10. The first kappa shape index (κ1) is 16.0. The summed E-state index contributed by atoms with van der Waals surface area (Å²) in [5.41, 5.74) is 6.64. The highest BCUT2D eigenvalue weighted by Gasteiger charge is 2.06. The number of unbranched alkanes of at least 4 members (excludes halogenated alkanes) is 2. The Bertz CT molecular complexity index is 428. The van der Waals surface area contributed by atoms with Crippen molar-refractivity contribution in [3.05, 3.63) is 29.8 Å². The van der Waals surface area contributed by atoms with Crippen LogP contribution in [-0.4, -0.2) is 25.2 Å². The molecule has 0 heterocycles. The second-order valence-corrected chi connectivity index (χ2v) is 4.37. The summed E-state index contributed by atoms with van der Waals surface area (Å²) in [4.78, 5) is 22.7. The minimum atomic E-state index is -0.351. The van der Waals surface area contributed by atoms with Crippen LogP contribution in [0.5, 0.6) is 0 Å². The number of nitrogens with two attached hydrogens (primary N) is 1. The molecule has 0 unspecified atom stereocenters. The molecule has 0 radical (unpaired) electrons. The van der Waals surface area contributed by atoms with Crippen LogP contribution in [-0.2, 0) is 14.3 Å². The number of rotatable bonds is 8. The highest BCUT2D eigenvalue weighted by atomic mass is 16.5. The van der Waals surface area contributed by atoms with Gasteiger partial charge in [-0.2, -0.15) is 0 Å². The number of nitrogen functional groups attached to an aromatic ring is 1. The van der Waals surface area contributed by atoms with Gasteiger partial charge in [-0.05, 0) is 50.5 Å². The van der Waals surface area contributed by atoms with Crippen molar-refractivity contribution in [1.82, 2.24) is 0 Å². The lowest BCUT2D eigenvalue weighted by molar-refractivity contribution is -0.143. The fraction of sp³-hybridized carbons (Fsp3) is 0.467. The lowest BCUT2D eigenvalue weighted by Crippen LogP contribution is -2.07. The van der Waals surface area contributed by atoms with Crippen LogP contribution < -0.4 is 5.73 Å². The minimum absolute atomic E-state index is 0.175. The van der Waals surface area contributed by atoms with E-state index in [4.69, 9.17) is 15.2 Å². The first-order valence-electron chi connectivity index (χ1n) is 6.81. The van der Waals surface area contributed by atoms with E-state index in [1.54, 1.807) is 31.2 Å². The zero-order valence-corrected chi connectivity index (χ0v) is 11.8. The van der Waals surface area contributed by atoms with Crippen LogP contribution in [0.2, 0.25) is 0 Å². The average Bonchev–Trinajstić information content (AvgIpc) is 2.43. The van der Waals surface area contributed by atoms with Crippen LogP contribution in [0.15, 0.2) is 24.3 Å². The smallest absolute Gasteiger partial charge is 0.338 e. The molecule has 1 aromatic carbocycles. The number of benzene rings is 1. The predicted octanol–water partition coefficient (Wildman–Crippen LogP) is 2.55. The first-order chi connectivity index (χ1) is 9.63. The van der Waals surface area contributed by atoms with E-state index in [2.05, 4.69) is 0 Å². The monoisotopic (exact) mass is 279 g/mol. The highest BCUT2D eigenvalue weighted by Crippen LogP contribution is 2.08. The van der Waals surface area contributed by atoms with Crippen LogP contribution in [0.25, 0.3) is 0 Å². The van der Waals surface area contributed by atoms with Crippen LogP contribution in [0.1, 0.15) is 43.0 Å². The molecule has 0 bridgehead atoms. The molecule has 0 amide bonds. The third-order valence-corrected chi connectivity index (χ3v) is 2.71. The number of hydrogen-bond acceptors (Lipinski definition) is 5. The molecule has 0 aromatic heterocycles. The van der Waals surface area contributed by atoms with E-state index in [1.165, 1.54) is 0 Å². The minimum Gasteiger partial charge on any atom is -0.466 e. The Kier molecular flexibility index (Phi) is 7.17. The average molecular weight is 279 g/mol. The van der Waals surface area contributed by atoms with Crippen molar-refractivity contribution < 1.29 is 19.1 Å². The lowest BCUT2D eigenvalue weighted by atomic mass is 10.2. The summed E-state index contributed by atoms with van der Waals surface area (Å²) in [6.45, 7) is 2.55. The zero-order valence-electron chi connectivity index (χ0n) is 11.8. The molecule has 1 rings (SSSR count).